The van der Waals surface area contributed by atoms with E-state index in [1.165, 1.54) is 11.3 Å². The average Bonchev–Trinajstić information content (AvgIpc) is 2.34. The third kappa shape index (κ3) is 1.77. The highest BCUT2D eigenvalue weighted by Gasteiger charge is 2.16. The van der Waals surface area contributed by atoms with E-state index in [-0.39, 0.29) is 0 Å². The van der Waals surface area contributed by atoms with E-state index < -0.39 is 11.9 Å². The van der Waals surface area contributed by atoms with Crippen LogP contribution < -0.4 is 0 Å². The van der Waals surface area contributed by atoms with Gasteiger partial charge in [-0.15, -0.1) is 11.3 Å². The van der Waals surface area contributed by atoms with Crippen molar-refractivity contribution in [1.82, 2.24) is 4.98 Å². The van der Waals surface area contributed by atoms with E-state index in [1.54, 1.807) is 6.92 Å². The van der Waals surface area contributed by atoms with Gasteiger partial charge in [0.25, 0.3) is 0 Å². The van der Waals surface area contributed by atoms with Gasteiger partial charge in [-0.05, 0) is 13.8 Å². The predicted molar refractivity (Wildman–Crippen MR) is 42.9 cm³/mol. The van der Waals surface area contributed by atoms with Crippen LogP contribution in [0.5, 0.6) is 0 Å². The maximum absolute atomic E-state index is 10.5. The van der Waals surface area contributed by atoms with Crippen molar-refractivity contribution >= 4 is 17.3 Å². The third-order valence-electron chi connectivity index (χ3n) is 1.38. The van der Waals surface area contributed by atoms with Crippen LogP contribution in [0.3, 0.4) is 0 Å². The summed E-state index contributed by atoms with van der Waals surface area (Å²) >= 11 is 1.39. The molecule has 60 valence electrons. The molecule has 0 aliphatic heterocycles. The molecule has 1 rings (SSSR count). The molecular formula is C7H9NO2S. The highest BCUT2D eigenvalue weighted by molar-refractivity contribution is 7.09. The van der Waals surface area contributed by atoms with E-state index >= 15 is 0 Å². The molecule has 0 bridgehead atoms. The standard InChI is InChI=1S/C7H9NO2S/c1-4-3-11-6(8-4)5(2)7(9)10/h3,5H,1-2H3,(H,9,10)/t5-/m0/s1. The molecule has 0 saturated carbocycles. The van der Waals surface area contributed by atoms with Crippen LogP contribution in [0.4, 0.5) is 0 Å². The Bertz CT molecular complexity index is 269. The lowest BCUT2D eigenvalue weighted by atomic mass is 10.2. The van der Waals surface area contributed by atoms with Crippen LogP contribution in [0.15, 0.2) is 5.38 Å². The minimum absolute atomic E-state index is 0.478. The molecular weight excluding hydrogens is 162 g/mol. The van der Waals surface area contributed by atoms with Crippen molar-refractivity contribution in [1.29, 1.82) is 0 Å². The molecule has 0 fully saturated rings. The van der Waals surface area contributed by atoms with Gasteiger partial charge in [0.2, 0.25) is 0 Å². The lowest BCUT2D eigenvalue weighted by molar-refractivity contribution is -0.138. The Morgan fingerprint density at radius 2 is 2.45 bits per heavy atom. The van der Waals surface area contributed by atoms with E-state index in [0.717, 1.165) is 5.69 Å². The van der Waals surface area contributed by atoms with Crippen LogP contribution in [0, 0.1) is 6.92 Å². The summed E-state index contributed by atoms with van der Waals surface area (Å²) < 4.78 is 0. The summed E-state index contributed by atoms with van der Waals surface area (Å²) in [6.07, 6.45) is 0. The van der Waals surface area contributed by atoms with E-state index in [1.807, 2.05) is 12.3 Å². The zero-order chi connectivity index (χ0) is 8.43. The fourth-order valence-electron chi connectivity index (χ4n) is 0.677. The van der Waals surface area contributed by atoms with Gasteiger partial charge >= 0.3 is 5.97 Å². The fraction of sp³-hybridized carbons (Fsp3) is 0.429. The summed E-state index contributed by atoms with van der Waals surface area (Å²) in [7, 11) is 0. The topological polar surface area (TPSA) is 50.2 Å². The second-order valence-electron chi connectivity index (χ2n) is 2.39. The predicted octanol–water partition coefficient (Wildman–Crippen LogP) is 1.64. The van der Waals surface area contributed by atoms with Crippen LogP contribution >= 0.6 is 11.3 Å². The minimum atomic E-state index is -0.820. The Morgan fingerprint density at radius 1 is 1.82 bits per heavy atom. The molecule has 1 heterocycles. The summed E-state index contributed by atoms with van der Waals surface area (Å²) in [6.45, 7) is 3.50. The van der Waals surface area contributed by atoms with Gasteiger partial charge in [0.15, 0.2) is 0 Å². The van der Waals surface area contributed by atoms with E-state index in [4.69, 9.17) is 5.11 Å². The number of carbonyl (C=O) groups is 1. The second-order valence-corrected chi connectivity index (χ2v) is 3.28. The zero-order valence-electron chi connectivity index (χ0n) is 6.37. The summed E-state index contributed by atoms with van der Waals surface area (Å²) in [5.74, 6) is -1.30. The molecule has 11 heavy (non-hydrogen) atoms. The van der Waals surface area contributed by atoms with Crippen molar-refractivity contribution in [2.45, 2.75) is 19.8 Å². The van der Waals surface area contributed by atoms with Crippen LogP contribution in [0.25, 0.3) is 0 Å². The number of aliphatic carboxylic acids is 1. The molecule has 0 saturated heterocycles. The minimum Gasteiger partial charge on any atom is -0.481 e. The van der Waals surface area contributed by atoms with E-state index in [0.29, 0.717) is 5.01 Å². The van der Waals surface area contributed by atoms with Gasteiger partial charge in [0, 0.05) is 11.1 Å². The van der Waals surface area contributed by atoms with Gasteiger partial charge in [-0.2, -0.15) is 0 Å². The Morgan fingerprint density at radius 3 is 2.82 bits per heavy atom. The molecule has 4 heteroatoms. The van der Waals surface area contributed by atoms with Crippen LogP contribution in [0.2, 0.25) is 0 Å². The third-order valence-corrected chi connectivity index (χ3v) is 2.52. The first kappa shape index (κ1) is 8.20. The average molecular weight is 171 g/mol. The van der Waals surface area contributed by atoms with Gasteiger partial charge in [0.1, 0.15) is 10.9 Å². The number of rotatable bonds is 2. The Hall–Kier alpha value is -0.900. The Kier molecular flexibility index (Phi) is 2.24. The second kappa shape index (κ2) is 3.00. The zero-order valence-corrected chi connectivity index (χ0v) is 7.18. The van der Waals surface area contributed by atoms with Crippen molar-refractivity contribution in [3.05, 3.63) is 16.1 Å². The van der Waals surface area contributed by atoms with Crippen molar-refractivity contribution in [2.75, 3.05) is 0 Å². The lowest BCUT2D eigenvalue weighted by Gasteiger charge is -1.98. The number of hydrogen-bond acceptors (Lipinski definition) is 3. The van der Waals surface area contributed by atoms with Gasteiger partial charge in [-0.3, -0.25) is 4.79 Å². The fourth-order valence-corrected chi connectivity index (χ4v) is 1.52. The molecule has 3 nitrogen and oxygen atoms in total. The highest BCUT2D eigenvalue weighted by Crippen LogP contribution is 2.19. The highest BCUT2D eigenvalue weighted by atomic mass is 32.1. The first-order valence-corrected chi connectivity index (χ1v) is 4.14. The van der Waals surface area contributed by atoms with Crippen molar-refractivity contribution in [2.24, 2.45) is 0 Å². The maximum Gasteiger partial charge on any atom is 0.313 e. The summed E-state index contributed by atoms with van der Waals surface area (Å²) in [6, 6.07) is 0. The molecule has 0 amide bonds. The number of carboxylic acid groups (broad SMARTS) is 1. The SMILES string of the molecule is Cc1csc([C@H](C)C(=O)O)n1. The van der Waals surface area contributed by atoms with E-state index in [9.17, 15) is 4.79 Å². The molecule has 0 spiro atoms. The number of aryl methyl sites for hydroxylation is 1. The van der Waals surface area contributed by atoms with Crippen LogP contribution in [0.1, 0.15) is 23.5 Å². The number of carboxylic acids is 1. The molecule has 1 aromatic heterocycles. The van der Waals surface area contributed by atoms with Gasteiger partial charge in [-0.1, -0.05) is 0 Å². The smallest absolute Gasteiger partial charge is 0.313 e. The Balaban J connectivity index is 2.84. The number of hydrogen-bond donors (Lipinski definition) is 1. The summed E-state index contributed by atoms with van der Waals surface area (Å²) in [5, 5.41) is 11.1. The number of aromatic nitrogens is 1. The number of thiazole rings is 1. The monoisotopic (exact) mass is 171 g/mol. The molecule has 0 radical (unpaired) electrons. The molecule has 0 aromatic carbocycles. The van der Waals surface area contributed by atoms with Crippen molar-refractivity contribution in [3.8, 4) is 0 Å². The van der Waals surface area contributed by atoms with Gasteiger partial charge in [-0.25, -0.2) is 4.98 Å². The summed E-state index contributed by atoms with van der Waals surface area (Å²) in [4.78, 5) is 14.5. The van der Waals surface area contributed by atoms with Gasteiger partial charge < -0.3 is 5.11 Å². The van der Waals surface area contributed by atoms with Crippen LogP contribution in [-0.4, -0.2) is 16.1 Å². The molecule has 1 aromatic rings. The van der Waals surface area contributed by atoms with Crippen LogP contribution in [-0.2, 0) is 4.79 Å². The molecule has 0 aliphatic rings. The first-order valence-electron chi connectivity index (χ1n) is 3.26. The first-order chi connectivity index (χ1) is 5.11. The normalized spacial score (nSPS) is 12.9. The largest absolute Gasteiger partial charge is 0.481 e. The maximum atomic E-state index is 10.5. The molecule has 0 unspecified atom stereocenters. The van der Waals surface area contributed by atoms with E-state index in [2.05, 4.69) is 4.98 Å². The Labute approximate surface area is 68.7 Å². The molecule has 0 aliphatic carbocycles. The van der Waals surface area contributed by atoms with Gasteiger partial charge in [0.05, 0.1) is 0 Å². The molecule has 1 atom stereocenters. The molecule has 1 N–H and O–H groups in total. The van der Waals surface area contributed by atoms with Crippen molar-refractivity contribution in [3.63, 3.8) is 0 Å². The van der Waals surface area contributed by atoms with Crippen molar-refractivity contribution < 1.29 is 9.90 Å². The number of nitrogens with zero attached hydrogens (tertiary/aromatic N) is 1. The lowest BCUT2D eigenvalue weighted by Crippen LogP contribution is -2.06. The quantitative estimate of drug-likeness (QED) is 0.735. The summed E-state index contributed by atoms with van der Waals surface area (Å²) in [5.41, 5.74) is 0.887.